The molecule has 0 bridgehead atoms. The molecule has 0 aromatic rings. The first-order valence-electron chi connectivity index (χ1n) is 8.94. The van der Waals surface area contributed by atoms with Crippen molar-refractivity contribution in [3.05, 3.63) is 0 Å². The molecule has 0 aliphatic carbocycles. The predicted molar refractivity (Wildman–Crippen MR) is 108 cm³/mol. The summed E-state index contributed by atoms with van der Waals surface area (Å²) in [6.07, 6.45) is 15.9. The fraction of sp³-hybridized carbons (Fsp3) is 1.00. The van der Waals surface area contributed by atoms with E-state index in [0.717, 1.165) is 21.0 Å². The van der Waals surface area contributed by atoms with Crippen molar-refractivity contribution in [3.63, 3.8) is 0 Å². The first-order chi connectivity index (χ1) is 10.3. The van der Waals surface area contributed by atoms with Crippen LogP contribution in [0.25, 0.3) is 0 Å². The summed E-state index contributed by atoms with van der Waals surface area (Å²) in [5, 5.41) is 3.63. The number of unbranched alkanes of at least 4 members (excludes halogenated alkanes) is 2. The van der Waals surface area contributed by atoms with Crippen LogP contribution < -0.4 is 0 Å². The molecule has 2 aliphatic rings. The Morgan fingerprint density at radius 2 is 1.52 bits per heavy atom. The van der Waals surface area contributed by atoms with Crippen molar-refractivity contribution in [3.8, 4) is 0 Å². The third-order valence-electron chi connectivity index (χ3n) is 4.58. The van der Waals surface area contributed by atoms with Crippen molar-refractivity contribution >= 4 is 43.2 Å². The molecule has 0 radical (unpaired) electrons. The summed E-state index contributed by atoms with van der Waals surface area (Å²) in [7, 11) is 8.88. The third kappa shape index (κ3) is 7.22. The molecular formula is C17H32S4. The van der Waals surface area contributed by atoms with Gasteiger partial charge in [0.2, 0.25) is 0 Å². The van der Waals surface area contributed by atoms with Crippen LogP contribution in [-0.2, 0) is 0 Å². The molecule has 4 atom stereocenters. The van der Waals surface area contributed by atoms with Crippen molar-refractivity contribution < 1.29 is 0 Å². The zero-order valence-electron chi connectivity index (χ0n) is 13.7. The van der Waals surface area contributed by atoms with E-state index in [9.17, 15) is 0 Å². The maximum Gasteiger partial charge on any atom is 0.0279 e. The summed E-state index contributed by atoms with van der Waals surface area (Å²) in [6, 6.07) is 0. The fourth-order valence-corrected chi connectivity index (χ4v) is 10.4. The van der Waals surface area contributed by atoms with Gasteiger partial charge in [0.25, 0.3) is 0 Å². The molecule has 0 saturated carbocycles. The molecule has 2 fully saturated rings. The van der Waals surface area contributed by atoms with E-state index >= 15 is 0 Å². The Balaban J connectivity index is 1.71. The highest BCUT2D eigenvalue weighted by Gasteiger charge is 2.30. The van der Waals surface area contributed by atoms with Gasteiger partial charge in [-0.15, -0.1) is 0 Å². The summed E-state index contributed by atoms with van der Waals surface area (Å²) in [5.74, 6) is 0. The van der Waals surface area contributed by atoms with Gasteiger partial charge < -0.3 is 0 Å². The first kappa shape index (κ1) is 18.7. The van der Waals surface area contributed by atoms with Crippen LogP contribution in [0.3, 0.4) is 0 Å². The highest BCUT2D eigenvalue weighted by molar-refractivity contribution is 8.78. The maximum absolute atomic E-state index is 2.42. The Hall–Kier alpha value is 1.40. The van der Waals surface area contributed by atoms with Gasteiger partial charge >= 0.3 is 0 Å². The average Bonchev–Trinajstić information content (AvgIpc) is 2.61. The molecule has 0 aromatic heterocycles. The second kappa shape index (κ2) is 11.0. The molecular weight excluding hydrogens is 332 g/mol. The standard InChI is InChI=1S/C17H32S4/c1-3-4-6-10-15-12-13-17(21-19-15)16-11-8-5-7-9-14(2)18-20-16/h14-17H,3-13H2,1-2H3. The van der Waals surface area contributed by atoms with Crippen LogP contribution in [0.15, 0.2) is 0 Å². The summed E-state index contributed by atoms with van der Waals surface area (Å²) in [6.45, 7) is 4.73. The lowest BCUT2D eigenvalue weighted by atomic mass is 10.0. The van der Waals surface area contributed by atoms with Crippen molar-refractivity contribution in [1.29, 1.82) is 0 Å². The predicted octanol–water partition coefficient (Wildman–Crippen LogP) is 7.58. The normalized spacial score (nSPS) is 35.7. The topological polar surface area (TPSA) is 0 Å². The first-order valence-corrected chi connectivity index (χ1v) is 13.5. The van der Waals surface area contributed by atoms with Gasteiger partial charge in [0.05, 0.1) is 0 Å². The zero-order chi connectivity index (χ0) is 14.9. The van der Waals surface area contributed by atoms with Crippen molar-refractivity contribution in [2.75, 3.05) is 0 Å². The van der Waals surface area contributed by atoms with E-state index in [1.807, 2.05) is 0 Å². The maximum atomic E-state index is 2.42. The molecule has 124 valence electrons. The minimum absolute atomic E-state index is 0.860. The summed E-state index contributed by atoms with van der Waals surface area (Å²) < 4.78 is 0. The van der Waals surface area contributed by atoms with Crippen LogP contribution >= 0.6 is 43.2 Å². The van der Waals surface area contributed by atoms with E-state index in [1.54, 1.807) is 0 Å². The van der Waals surface area contributed by atoms with Crippen LogP contribution in [0.2, 0.25) is 0 Å². The lowest BCUT2D eigenvalue weighted by Gasteiger charge is -2.32. The highest BCUT2D eigenvalue weighted by atomic mass is 33.1. The minimum atomic E-state index is 0.860. The Bertz CT molecular complexity index is 264. The molecule has 0 nitrogen and oxygen atoms in total. The van der Waals surface area contributed by atoms with Gasteiger partial charge in [0.15, 0.2) is 0 Å². The summed E-state index contributed by atoms with van der Waals surface area (Å²) in [5.41, 5.74) is 0. The van der Waals surface area contributed by atoms with Gasteiger partial charge in [-0.05, 0) is 32.1 Å². The average molecular weight is 365 g/mol. The van der Waals surface area contributed by atoms with E-state index in [1.165, 1.54) is 70.6 Å². The van der Waals surface area contributed by atoms with Crippen LogP contribution in [0, 0.1) is 0 Å². The van der Waals surface area contributed by atoms with Gasteiger partial charge in [0.1, 0.15) is 0 Å². The Labute approximate surface area is 148 Å². The van der Waals surface area contributed by atoms with Gasteiger partial charge in [-0.1, -0.05) is 95.5 Å². The van der Waals surface area contributed by atoms with E-state index in [-0.39, 0.29) is 0 Å². The Morgan fingerprint density at radius 3 is 2.29 bits per heavy atom. The van der Waals surface area contributed by atoms with Crippen LogP contribution in [0.5, 0.6) is 0 Å². The molecule has 4 heteroatoms. The molecule has 2 rings (SSSR count). The largest absolute Gasteiger partial charge is 0.0907 e. The summed E-state index contributed by atoms with van der Waals surface area (Å²) >= 11 is 0. The molecule has 4 unspecified atom stereocenters. The van der Waals surface area contributed by atoms with E-state index in [4.69, 9.17) is 0 Å². The van der Waals surface area contributed by atoms with Crippen LogP contribution in [0.1, 0.15) is 84.5 Å². The third-order valence-corrected chi connectivity index (χ3v) is 11.9. The zero-order valence-corrected chi connectivity index (χ0v) is 17.0. The molecule has 0 aromatic carbocycles. The summed E-state index contributed by atoms with van der Waals surface area (Å²) in [4.78, 5) is 0. The van der Waals surface area contributed by atoms with E-state index in [0.29, 0.717) is 0 Å². The molecule has 0 N–H and O–H groups in total. The van der Waals surface area contributed by atoms with Crippen LogP contribution in [0.4, 0.5) is 0 Å². The fourth-order valence-electron chi connectivity index (χ4n) is 3.12. The monoisotopic (exact) mass is 364 g/mol. The van der Waals surface area contributed by atoms with Gasteiger partial charge in [-0.3, -0.25) is 0 Å². The molecule has 0 amide bonds. The SMILES string of the molecule is CCCCCC1CCC(C2CCCCCC(C)SS2)SS1. The van der Waals surface area contributed by atoms with Gasteiger partial charge in [-0.25, -0.2) is 0 Å². The molecule has 21 heavy (non-hydrogen) atoms. The highest BCUT2D eigenvalue weighted by Crippen LogP contribution is 2.50. The minimum Gasteiger partial charge on any atom is -0.0907 e. The van der Waals surface area contributed by atoms with Crippen molar-refractivity contribution in [2.24, 2.45) is 0 Å². The number of hydrogen-bond donors (Lipinski definition) is 0. The number of hydrogen-bond acceptors (Lipinski definition) is 4. The van der Waals surface area contributed by atoms with E-state index in [2.05, 4.69) is 57.0 Å². The second-order valence-corrected chi connectivity index (χ2v) is 12.4. The van der Waals surface area contributed by atoms with Crippen LogP contribution in [-0.4, -0.2) is 21.0 Å². The van der Waals surface area contributed by atoms with Crippen molar-refractivity contribution in [1.82, 2.24) is 0 Å². The Morgan fingerprint density at radius 1 is 0.762 bits per heavy atom. The number of rotatable bonds is 5. The smallest absolute Gasteiger partial charge is 0.0279 e. The molecule has 2 heterocycles. The molecule has 2 aliphatic heterocycles. The molecule has 2 saturated heterocycles. The lowest BCUT2D eigenvalue weighted by molar-refractivity contribution is 0.557. The lowest BCUT2D eigenvalue weighted by Crippen LogP contribution is -2.24. The van der Waals surface area contributed by atoms with E-state index < -0.39 is 0 Å². The van der Waals surface area contributed by atoms with Gasteiger partial charge in [-0.2, -0.15) is 0 Å². The van der Waals surface area contributed by atoms with Gasteiger partial charge in [0, 0.05) is 21.0 Å². The quantitative estimate of drug-likeness (QED) is 0.364. The second-order valence-electron chi connectivity index (χ2n) is 6.61. The Kier molecular flexibility index (Phi) is 9.85. The van der Waals surface area contributed by atoms with Crippen molar-refractivity contribution in [2.45, 2.75) is 105 Å². The molecule has 0 spiro atoms.